The van der Waals surface area contributed by atoms with Crippen LogP contribution in [0.2, 0.25) is 0 Å². The topological polar surface area (TPSA) is 41.9 Å². The van der Waals surface area contributed by atoms with Gasteiger partial charge in [-0.15, -0.1) is 0 Å². The Morgan fingerprint density at radius 2 is 2.31 bits per heavy atom. The number of hydrogen-bond donors (Lipinski definition) is 2. The number of nitrogens with one attached hydrogen (secondary N) is 2. The number of nitrogens with zero attached hydrogens (tertiary/aromatic N) is 2. The molecule has 0 unspecified atom stereocenters. The number of aromatic nitrogens is 2. The monoisotopic (exact) mass is 222 g/mol. The first kappa shape index (κ1) is 11.5. The molecule has 16 heavy (non-hydrogen) atoms. The lowest BCUT2D eigenvalue weighted by Crippen LogP contribution is -2.27. The Morgan fingerprint density at radius 1 is 1.50 bits per heavy atom. The van der Waals surface area contributed by atoms with Crippen LogP contribution >= 0.6 is 0 Å². The number of aryl methyl sites for hydroxylation is 1. The quantitative estimate of drug-likeness (QED) is 0.744. The van der Waals surface area contributed by atoms with Crippen LogP contribution in [0.1, 0.15) is 25.7 Å². The fourth-order valence-electron chi connectivity index (χ4n) is 2.29. The lowest BCUT2D eigenvalue weighted by molar-refractivity contribution is 0.350. The predicted molar refractivity (Wildman–Crippen MR) is 66.5 cm³/mol. The summed E-state index contributed by atoms with van der Waals surface area (Å²) in [4.78, 5) is 0. The summed E-state index contributed by atoms with van der Waals surface area (Å²) < 4.78 is 1.83. The lowest BCUT2D eigenvalue weighted by Gasteiger charge is -2.22. The van der Waals surface area contributed by atoms with Crippen LogP contribution in [-0.4, -0.2) is 29.4 Å². The molecule has 0 amide bonds. The summed E-state index contributed by atoms with van der Waals surface area (Å²) in [7, 11) is 1.94. The van der Waals surface area contributed by atoms with E-state index in [4.69, 9.17) is 0 Å². The third-order valence-corrected chi connectivity index (χ3v) is 3.27. The van der Waals surface area contributed by atoms with Crippen LogP contribution in [0.3, 0.4) is 0 Å². The van der Waals surface area contributed by atoms with Gasteiger partial charge in [0.1, 0.15) is 5.82 Å². The molecule has 0 saturated carbocycles. The van der Waals surface area contributed by atoms with Crippen molar-refractivity contribution in [1.82, 2.24) is 15.1 Å². The Bertz CT molecular complexity index is 302. The molecule has 1 fully saturated rings. The van der Waals surface area contributed by atoms with Crippen molar-refractivity contribution >= 4 is 5.82 Å². The van der Waals surface area contributed by atoms with Crippen LogP contribution in [-0.2, 0) is 7.05 Å². The smallest absolute Gasteiger partial charge is 0.147 e. The van der Waals surface area contributed by atoms with E-state index in [0.717, 1.165) is 18.3 Å². The number of rotatable bonds is 5. The normalized spacial score (nSPS) is 17.6. The van der Waals surface area contributed by atoms with Crippen LogP contribution in [0.15, 0.2) is 12.3 Å². The van der Waals surface area contributed by atoms with Gasteiger partial charge in [-0.2, -0.15) is 5.10 Å². The highest BCUT2D eigenvalue weighted by molar-refractivity contribution is 5.31. The molecule has 0 bridgehead atoms. The van der Waals surface area contributed by atoms with E-state index in [1.54, 1.807) is 0 Å². The molecule has 1 aliphatic rings. The molecule has 90 valence electrons. The number of anilines is 1. The van der Waals surface area contributed by atoms with Crippen LogP contribution in [0.4, 0.5) is 5.82 Å². The third kappa shape index (κ3) is 3.52. The van der Waals surface area contributed by atoms with E-state index in [9.17, 15) is 0 Å². The molecule has 4 nitrogen and oxygen atoms in total. The third-order valence-electron chi connectivity index (χ3n) is 3.27. The summed E-state index contributed by atoms with van der Waals surface area (Å²) in [5.74, 6) is 1.93. The Morgan fingerprint density at radius 3 is 3.00 bits per heavy atom. The molecule has 4 heteroatoms. The minimum absolute atomic E-state index is 0.937. The Labute approximate surface area is 97.4 Å². The van der Waals surface area contributed by atoms with Crippen LogP contribution in [0.25, 0.3) is 0 Å². The van der Waals surface area contributed by atoms with Gasteiger partial charge in [0, 0.05) is 25.9 Å². The van der Waals surface area contributed by atoms with Crippen molar-refractivity contribution in [3.05, 3.63) is 12.3 Å². The highest BCUT2D eigenvalue weighted by Crippen LogP contribution is 2.17. The van der Waals surface area contributed by atoms with Crippen molar-refractivity contribution in [3.8, 4) is 0 Å². The largest absolute Gasteiger partial charge is 0.369 e. The maximum atomic E-state index is 4.29. The van der Waals surface area contributed by atoms with Crippen molar-refractivity contribution in [2.24, 2.45) is 13.0 Å². The molecule has 0 spiro atoms. The molecule has 1 aliphatic heterocycles. The Kier molecular flexibility index (Phi) is 4.22. The molecule has 2 heterocycles. The maximum Gasteiger partial charge on any atom is 0.147 e. The molecule has 0 atom stereocenters. The van der Waals surface area contributed by atoms with Crippen molar-refractivity contribution in [2.75, 3.05) is 25.0 Å². The van der Waals surface area contributed by atoms with Gasteiger partial charge in [-0.05, 0) is 44.7 Å². The van der Waals surface area contributed by atoms with Crippen LogP contribution < -0.4 is 10.6 Å². The van der Waals surface area contributed by atoms with Crippen molar-refractivity contribution in [2.45, 2.75) is 25.7 Å². The summed E-state index contributed by atoms with van der Waals surface area (Å²) in [5.41, 5.74) is 0. The van der Waals surface area contributed by atoms with E-state index < -0.39 is 0 Å². The Hall–Kier alpha value is -1.03. The second kappa shape index (κ2) is 5.89. The van der Waals surface area contributed by atoms with E-state index in [1.807, 2.05) is 24.0 Å². The SMILES string of the molecule is Cn1ccc(NCCCC2CCNCC2)n1. The lowest BCUT2D eigenvalue weighted by atomic mass is 9.93. The average Bonchev–Trinajstić information content (AvgIpc) is 2.72. The van der Waals surface area contributed by atoms with Gasteiger partial charge >= 0.3 is 0 Å². The first-order valence-corrected chi connectivity index (χ1v) is 6.29. The average molecular weight is 222 g/mol. The van der Waals surface area contributed by atoms with Crippen LogP contribution in [0.5, 0.6) is 0 Å². The summed E-state index contributed by atoms with van der Waals surface area (Å²) in [6.07, 6.45) is 7.27. The molecular weight excluding hydrogens is 200 g/mol. The van der Waals surface area contributed by atoms with E-state index in [2.05, 4.69) is 15.7 Å². The fraction of sp³-hybridized carbons (Fsp3) is 0.750. The van der Waals surface area contributed by atoms with E-state index >= 15 is 0 Å². The molecule has 1 saturated heterocycles. The van der Waals surface area contributed by atoms with Gasteiger partial charge < -0.3 is 10.6 Å². The van der Waals surface area contributed by atoms with Crippen LogP contribution in [0, 0.1) is 5.92 Å². The second-order valence-electron chi connectivity index (χ2n) is 4.64. The first-order chi connectivity index (χ1) is 7.84. The van der Waals surface area contributed by atoms with Crippen molar-refractivity contribution in [3.63, 3.8) is 0 Å². The van der Waals surface area contributed by atoms with Crippen molar-refractivity contribution in [1.29, 1.82) is 0 Å². The molecule has 0 aromatic carbocycles. The van der Waals surface area contributed by atoms with Gasteiger partial charge in [0.05, 0.1) is 0 Å². The van der Waals surface area contributed by atoms with Crippen molar-refractivity contribution < 1.29 is 0 Å². The summed E-state index contributed by atoms with van der Waals surface area (Å²) in [5, 5.41) is 11.1. The Balaban J connectivity index is 1.57. The summed E-state index contributed by atoms with van der Waals surface area (Å²) >= 11 is 0. The fourth-order valence-corrected chi connectivity index (χ4v) is 2.29. The van der Waals surface area contributed by atoms with Gasteiger partial charge in [-0.3, -0.25) is 4.68 Å². The highest BCUT2D eigenvalue weighted by Gasteiger charge is 2.11. The van der Waals surface area contributed by atoms with E-state index in [1.165, 1.54) is 38.8 Å². The molecule has 0 radical (unpaired) electrons. The summed E-state index contributed by atoms with van der Waals surface area (Å²) in [6, 6.07) is 2.02. The zero-order chi connectivity index (χ0) is 11.2. The standard InChI is InChI=1S/C12H22N4/c1-16-10-6-12(15-16)14-7-2-3-11-4-8-13-9-5-11/h6,10-11,13H,2-5,7-9H2,1H3,(H,14,15). The highest BCUT2D eigenvalue weighted by atomic mass is 15.3. The van der Waals surface area contributed by atoms with Gasteiger partial charge in [0.2, 0.25) is 0 Å². The zero-order valence-electron chi connectivity index (χ0n) is 10.1. The first-order valence-electron chi connectivity index (χ1n) is 6.29. The number of piperidine rings is 1. The number of hydrogen-bond acceptors (Lipinski definition) is 3. The molecule has 2 N–H and O–H groups in total. The molecule has 0 aliphatic carbocycles. The van der Waals surface area contributed by atoms with Gasteiger partial charge in [0.15, 0.2) is 0 Å². The minimum atomic E-state index is 0.937. The molecule has 2 rings (SSSR count). The van der Waals surface area contributed by atoms with Gasteiger partial charge in [-0.1, -0.05) is 0 Å². The predicted octanol–water partition coefficient (Wildman–Crippen LogP) is 1.61. The van der Waals surface area contributed by atoms with E-state index in [-0.39, 0.29) is 0 Å². The molecule has 1 aromatic rings. The summed E-state index contributed by atoms with van der Waals surface area (Å²) in [6.45, 7) is 3.46. The molecule has 1 aromatic heterocycles. The molecular formula is C12H22N4. The maximum absolute atomic E-state index is 4.29. The van der Waals surface area contributed by atoms with Gasteiger partial charge in [-0.25, -0.2) is 0 Å². The van der Waals surface area contributed by atoms with Gasteiger partial charge in [0.25, 0.3) is 0 Å². The van der Waals surface area contributed by atoms with E-state index in [0.29, 0.717) is 0 Å². The minimum Gasteiger partial charge on any atom is -0.369 e. The second-order valence-corrected chi connectivity index (χ2v) is 4.64. The zero-order valence-corrected chi connectivity index (χ0v) is 10.1.